The average molecular weight is 491 g/mol. The largest absolute Gasteiger partial charge is 0.486 e. The lowest BCUT2D eigenvalue weighted by atomic mass is 10.2. The molecule has 2 N–H and O–H groups in total. The van der Waals surface area contributed by atoms with Gasteiger partial charge in [-0.1, -0.05) is 35.9 Å². The highest BCUT2D eigenvalue weighted by Gasteiger charge is 2.22. The van der Waals surface area contributed by atoms with E-state index in [1.54, 1.807) is 47.0 Å². The van der Waals surface area contributed by atoms with Gasteiger partial charge in [0.2, 0.25) is 5.91 Å². The van der Waals surface area contributed by atoms with Gasteiger partial charge in [-0.25, -0.2) is 4.98 Å². The minimum Gasteiger partial charge on any atom is -0.486 e. The maximum Gasteiger partial charge on any atom is 0.253 e. The first kappa shape index (κ1) is 22.7. The van der Waals surface area contributed by atoms with Gasteiger partial charge in [-0.15, -0.1) is 0 Å². The summed E-state index contributed by atoms with van der Waals surface area (Å²) >= 11 is 6.18. The first-order valence-corrected chi connectivity index (χ1v) is 11.6. The van der Waals surface area contributed by atoms with Gasteiger partial charge < -0.3 is 24.7 Å². The number of carbonyl (C=O) groups is 2. The number of ether oxygens (including phenoxy) is 2. The van der Waals surface area contributed by atoms with Gasteiger partial charge in [0, 0.05) is 11.8 Å². The van der Waals surface area contributed by atoms with Crippen molar-refractivity contribution >= 4 is 40.1 Å². The summed E-state index contributed by atoms with van der Waals surface area (Å²) in [6, 6.07) is 19.2. The fourth-order valence-electron chi connectivity index (χ4n) is 4.04. The molecule has 178 valence electrons. The van der Waals surface area contributed by atoms with Gasteiger partial charge in [-0.3, -0.25) is 9.59 Å². The van der Waals surface area contributed by atoms with Crippen LogP contribution in [0.3, 0.4) is 0 Å². The number of imidazole rings is 1. The minimum atomic E-state index is -0.478. The van der Waals surface area contributed by atoms with Gasteiger partial charge in [-0.2, -0.15) is 0 Å². The van der Waals surface area contributed by atoms with Crippen LogP contribution in [0.1, 0.15) is 29.1 Å². The van der Waals surface area contributed by atoms with Crippen LogP contribution in [0.5, 0.6) is 11.5 Å². The molecule has 1 unspecified atom stereocenters. The predicted octanol–water partition coefficient (Wildman–Crippen LogP) is 4.59. The lowest BCUT2D eigenvalue weighted by Gasteiger charge is -2.19. The number of hydrogen-bond donors (Lipinski definition) is 2. The molecule has 2 amide bonds. The Morgan fingerprint density at radius 1 is 1.03 bits per heavy atom. The Bertz CT molecular complexity index is 1420. The predicted molar refractivity (Wildman–Crippen MR) is 133 cm³/mol. The zero-order valence-electron chi connectivity index (χ0n) is 19.0. The number of benzene rings is 3. The summed E-state index contributed by atoms with van der Waals surface area (Å²) in [6.07, 6.45) is 0. The Kier molecular flexibility index (Phi) is 6.29. The van der Waals surface area contributed by atoms with Crippen molar-refractivity contribution in [2.75, 3.05) is 18.5 Å². The summed E-state index contributed by atoms with van der Waals surface area (Å²) in [5, 5.41) is 6.22. The molecule has 3 aromatic carbocycles. The molecule has 9 heteroatoms. The van der Waals surface area contributed by atoms with Crippen molar-refractivity contribution < 1.29 is 19.1 Å². The molecular weight excluding hydrogens is 468 g/mol. The van der Waals surface area contributed by atoms with Crippen LogP contribution in [-0.4, -0.2) is 34.6 Å². The lowest BCUT2D eigenvalue weighted by molar-refractivity contribution is -0.116. The van der Waals surface area contributed by atoms with E-state index in [9.17, 15) is 9.59 Å². The molecule has 0 fully saturated rings. The van der Waals surface area contributed by atoms with Crippen LogP contribution in [0.2, 0.25) is 5.02 Å². The number of halogens is 1. The van der Waals surface area contributed by atoms with Crippen LogP contribution in [0.15, 0.2) is 66.7 Å². The molecule has 8 nitrogen and oxygen atoms in total. The van der Waals surface area contributed by atoms with E-state index in [0.29, 0.717) is 46.8 Å². The Morgan fingerprint density at radius 3 is 2.60 bits per heavy atom. The van der Waals surface area contributed by atoms with Crippen molar-refractivity contribution in [3.8, 4) is 11.5 Å². The molecule has 0 bridgehead atoms. The quantitative estimate of drug-likeness (QED) is 0.412. The van der Waals surface area contributed by atoms with Crippen molar-refractivity contribution in [1.82, 2.24) is 14.9 Å². The molecule has 0 radical (unpaired) electrons. The van der Waals surface area contributed by atoms with E-state index in [-0.39, 0.29) is 18.4 Å². The van der Waals surface area contributed by atoms with Gasteiger partial charge in [0.05, 0.1) is 27.7 Å². The van der Waals surface area contributed by atoms with Crippen molar-refractivity contribution in [2.45, 2.75) is 19.5 Å². The molecule has 1 aliphatic rings. The normalized spacial score (nSPS) is 13.3. The zero-order chi connectivity index (χ0) is 24.4. The number of fused-ring (bicyclic) bond motifs is 2. The molecule has 0 spiro atoms. The van der Waals surface area contributed by atoms with E-state index in [0.717, 1.165) is 11.0 Å². The van der Waals surface area contributed by atoms with E-state index in [1.165, 1.54) is 0 Å². The summed E-state index contributed by atoms with van der Waals surface area (Å²) in [5.74, 6) is 1.25. The fourth-order valence-corrected chi connectivity index (χ4v) is 4.26. The van der Waals surface area contributed by atoms with Crippen LogP contribution >= 0.6 is 11.6 Å². The first-order chi connectivity index (χ1) is 17.0. The molecule has 5 rings (SSSR count). The maximum absolute atomic E-state index is 13.0. The molecule has 0 saturated carbocycles. The number of nitrogens with one attached hydrogen (secondary N) is 2. The van der Waals surface area contributed by atoms with Crippen LogP contribution in [-0.2, 0) is 11.3 Å². The second-order valence-electron chi connectivity index (χ2n) is 8.13. The van der Waals surface area contributed by atoms with E-state index >= 15 is 0 Å². The topological polar surface area (TPSA) is 94.5 Å². The number of amides is 2. The second kappa shape index (κ2) is 9.68. The van der Waals surface area contributed by atoms with Crippen molar-refractivity contribution in [3.05, 3.63) is 83.1 Å². The number of rotatable bonds is 6. The summed E-state index contributed by atoms with van der Waals surface area (Å²) < 4.78 is 12.9. The van der Waals surface area contributed by atoms with E-state index in [2.05, 4.69) is 10.6 Å². The standard InChI is InChI=1S/C26H23ClN4O4/c1-16(28-26(33)18-6-2-3-7-19(18)27)25-30-20-8-4-5-9-21(20)31(25)15-24(32)29-17-10-11-22-23(14-17)35-13-12-34-22/h2-11,14,16H,12-13,15H2,1H3,(H,28,33)(H,29,32). The Morgan fingerprint density at radius 2 is 1.77 bits per heavy atom. The summed E-state index contributed by atoms with van der Waals surface area (Å²) in [6.45, 7) is 2.80. The first-order valence-electron chi connectivity index (χ1n) is 11.2. The summed E-state index contributed by atoms with van der Waals surface area (Å²) in [4.78, 5) is 30.5. The fraction of sp³-hybridized carbons (Fsp3) is 0.192. The molecular formula is C26H23ClN4O4. The molecule has 2 heterocycles. The highest BCUT2D eigenvalue weighted by atomic mass is 35.5. The number of nitrogens with zero attached hydrogens (tertiary/aromatic N) is 2. The number of carbonyl (C=O) groups excluding carboxylic acids is 2. The third kappa shape index (κ3) is 4.79. The Hall–Kier alpha value is -4.04. The van der Waals surface area contributed by atoms with Crippen LogP contribution in [0.25, 0.3) is 11.0 Å². The monoisotopic (exact) mass is 490 g/mol. The SMILES string of the molecule is CC(NC(=O)c1ccccc1Cl)c1nc2ccccc2n1CC(=O)Nc1ccc2c(c1)OCCO2. The van der Waals surface area contributed by atoms with Crippen molar-refractivity contribution in [2.24, 2.45) is 0 Å². The third-order valence-electron chi connectivity index (χ3n) is 5.67. The minimum absolute atomic E-state index is 0.0105. The second-order valence-corrected chi connectivity index (χ2v) is 8.53. The third-order valence-corrected chi connectivity index (χ3v) is 5.99. The van der Waals surface area contributed by atoms with Gasteiger partial charge >= 0.3 is 0 Å². The molecule has 35 heavy (non-hydrogen) atoms. The van der Waals surface area contributed by atoms with E-state index in [1.807, 2.05) is 31.2 Å². The van der Waals surface area contributed by atoms with E-state index in [4.69, 9.17) is 26.1 Å². The molecule has 4 aromatic rings. The molecule has 0 saturated heterocycles. The molecule has 0 aliphatic carbocycles. The average Bonchev–Trinajstić information content (AvgIpc) is 3.22. The van der Waals surface area contributed by atoms with Crippen molar-refractivity contribution in [1.29, 1.82) is 0 Å². The van der Waals surface area contributed by atoms with Crippen LogP contribution in [0.4, 0.5) is 5.69 Å². The summed E-state index contributed by atoms with van der Waals surface area (Å²) in [7, 11) is 0. The molecule has 1 aromatic heterocycles. The Balaban J connectivity index is 1.38. The molecule has 1 atom stereocenters. The lowest BCUT2D eigenvalue weighted by Crippen LogP contribution is -2.30. The Labute approximate surface area is 206 Å². The number of para-hydroxylation sites is 2. The van der Waals surface area contributed by atoms with Crippen LogP contribution < -0.4 is 20.1 Å². The number of hydrogen-bond acceptors (Lipinski definition) is 5. The highest BCUT2D eigenvalue weighted by molar-refractivity contribution is 6.33. The number of aromatic nitrogens is 2. The maximum atomic E-state index is 13.0. The van der Waals surface area contributed by atoms with Crippen LogP contribution in [0, 0.1) is 0 Å². The molecule has 1 aliphatic heterocycles. The van der Waals surface area contributed by atoms with Gasteiger partial charge in [-0.05, 0) is 43.3 Å². The smallest absolute Gasteiger partial charge is 0.253 e. The zero-order valence-corrected chi connectivity index (χ0v) is 19.7. The number of anilines is 1. The summed E-state index contributed by atoms with van der Waals surface area (Å²) in [5.41, 5.74) is 2.50. The van der Waals surface area contributed by atoms with Gasteiger partial charge in [0.25, 0.3) is 5.91 Å². The van der Waals surface area contributed by atoms with Crippen molar-refractivity contribution in [3.63, 3.8) is 0 Å². The highest BCUT2D eigenvalue weighted by Crippen LogP contribution is 2.32. The van der Waals surface area contributed by atoms with Gasteiger partial charge in [0.15, 0.2) is 11.5 Å². The van der Waals surface area contributed by atoms with E-state index < -0.39 is 6.04 Å². The van der Waals surface area contributed by atoms with Gasteiger partial charge in [0.1, 0.15) is 25.6 Å².